The Morgan fingerprint density at radius 3 is 2.16 bits per heavy atom. The summed E-state index contributed by atoms with van der Waals surface area (Å²) in [6.45, 7) is -1.16. The summed E-state index contributed by atoms with van der Waals surface area (Å²) in [4.78, 5) is 43.1. The number of benzene rings is 2. The summed E-state index contributed by atoms with van der Waals surface area (Å²) in [6, 6.07) is 9.71. The van der Waals surface area contributed by atoms with Crippen LogP contribution in [0.15, 0.2) is 54.9 Å². The molecule has 37 heavy (non-hydrogen) atoms. The van der Waals surface area contributed by atoms with Gasteiger partial charge in [-0.25, -0.2) is 14.5 Å². The van der Waals surface area contributed by atoms with Crippen molar-refractivity contribution < 1.29 is 45.9 Å². The number of carbonyl (C=O) groups is 3. The summed E-state index contributed by atoms with van der Waals surface area (Å²) >= 11 is 0. The van der Waals surface area contributed by atoms with Gasteiger partial charge >= 0.3 is 12.5 Å². The summed E-state index contributed by atoms with van der Waals surface area (Å²) in [6.07, 6.45) is -5.18. The molecule has 2 aromatic carbocycles. The number of nitrogens with one attached hydrogen (secondary N) is 1. The minimum atomic E-state index is -4.82. The van der Waals surface area contributed by atoms with Crippen LogP contribution < -0.4 is 10.1 Å². The Labute approximate surface area is 204 Å². The minimum absolute atomic E-state index is 0.134. The van der Waals surface area contributed by atoms with Crippen LogP contribution in [0, 0.1) is 0 Å². The van der Waals surface area contributed by atoms with Crippen LogP contribution in [0.1, 0.15) is 18.4 Å². The fourth-order valence-electron chi connectivity index (χ4n) is 3.24. The first kappa shape index (κ1) is 25.5. The SMILES string of the molecule is O=C(NCC(F)(F)c1ccc(-c2ncn(-c3ccc(OC(F)(F)F)cc3)n2)cc1)ON1C(=O)CCC1=O. The van der Waals surface area contributed by atoms with Gasteiger partial charge in [-0.15, -0.1) is 23.3 Å². The van der Waals surface area contributed by atoms with E-state index in [0.29, 0.717) is 11.3 Å². The predicted molar refractivity (Wildman–Crippen MR) is 113 cm³/mol. The smallest absolute Gasteiger partial charge is 0.406 e. The molecule has 194 valence electrons. The molecule has 3 amide bonds. The molecule has 3 aromatic rings. The van der Waals surface area contributed by atoms with E-state index < -0.39 is 48.1 Å². The first-order chi connectivity index (χ1) is 17.4. The normalized spacial score (nSPS) is 14.1. The second-order valence-electron chi connectivity index (χ2n) is 7.65. The van der Waals surface area contributed by atoms with E-state index in [9.17, 15) is 36.3 Å². The molecule has 0 atom stereocenters. The van der Waals surface area contributed by atoms with E-state index in [1.165, 1.54) is 35.3 Å². The Morgan fingerprint density at radius 2 is 1.57 bits per heavy atom. The van der Waals surface area contributed by atoms with Gasteiger partial charge in [0.05, 0.1) is 12.2 Å². The highest BCUT2D eigenvalue weighted by atomic mass is 19.4. The third kappa shape index (κ3) is 6.17. The van der Waals surface area contributed by atoms with E-state index >= 15 is 0 Å². The van der Waals surface area contributed by atoms with Crippen molar-refractivity contribution in [3.63, 3.8) is 0 Å². The van der Waals surface area contributed by atoms with Crippen molar-refractivity contribution in [3.05, 3.63) is 60.4 Å². The lowest BCUT2D eigenvalue weighted by atomic mass is 10.1. The Kier molecular flexibility index (Phi) is 6.78. The number of ether oxygens (including phenoxy) is 1. The number of carbonyl (C=O) groups excluding carboxylic acids is 3. The first-order valence-corrected chi connectivity index (χ1v) is 10.5. The van der Waals surface area contributed by atoms with Crippen LogP contribution in [0.25, 0.3) is 17.1 Å². The second kappa shape index (κ2) is 9.83. The molecule has 0 radical (unpaired) electrons. The number of aromatic nitrogens is 3. The molecule has 1 aliphatic heterocycles. The van der Waals surface area contributed by atoms with Crippen molar-refractivity contribution in [1.82, 2.24) is 25.1 Å². The van der Waals surface area contributed by atoms with Crippen molar-refractivity contribution in [1.29, 1.82) is 0 Å². The molecule has 10 nitrogen and oxygen atoms in total. The Morgan fingerprint density at radius 1 is 0.946 bits per heavy atom. The number of imide groups is 1. The van der Waals surface area contributed by atoms with E-state index in [1.807, 2.05) is 5.32 Å². The third-order valence-corrected chi connectivity index (χ3v) is 5.03. The monoisotopic (exact) mass is 525 g/mol. The van der Waals surface area contributed by atoms with Crippen LogP contribution in [-0.4, -0.2) is 50.6 Å². The molecule has 0 aliphatic carbocycles. The molecule has 15 heteroatoms. The number of halogens is 5. The Hall–Kier alpha value is -4.56. The van der Waals surface area contributed by atoms with Crippen LogP contribution in [0.2, 0.25) is 0 Å². The van der Waals surface area contributed by atoms with E-state index in [2.05, 4.69) is 19.7 Å². The van der Waals surface area contributed by atoms with Gasteiger partial charge < -0.3 is 14.9 Å². The molecule has 0 spiro atoms. The Bertz CT molecular complexity index is 1290. The highest BCUT2D eigenvalue weighted by molar-refractivity contribution is 6.01. The van der Waals surface area contributed by atoms with Crippen LogP contribution in [0.3, 0.4) is 0 Å². The zero-order chi connectivity index (χ0) is 26.8. The fourth-order valence-corrected chi connectivity index (χ4v) is 3.24. The standard InChI is InChI=1S/C22H16F5N5O5/c23-21(24,11-28-20(35)37-32-17(33)9-10-18(32)34)14-3-1-13(2-4-14)19-29-12-31(30-19)15-5-7-16(8-6-15)36-22(25,26)27/h1-8,12H,9-11H2,(H,28,35). The quantitative estimate of drug-likeness (QED) is 0.369. The van der Waals surface area contributed by atoms with Gasteiger partial charge in [0.2, 0.25) is 0 Å². The molecule has 1 aromatic heterocycles. The lowest BCUT2D eigenvalue weighted by molar-refractivity contribution is -0.274. The number of rotatable bonds is 7. The molecular weight excluding hydrogens is 509 g/mol. The van der Waals surface area contributed by atoms with Gasteiger partial charge in [-0.2, -0.15) is 8.78 Å². The summed E-state index contributed by atoms with van der Waals surface area (Å²) in [5.74, 6) is -5.26. The lowest BCUT2D eigenvalue weighted by Gasteiger charge is -2.18. The molecular formula is C22H16F5N5O5. The minimum Gasteiger partial charge on any atom is -0.406 e. The van der Waals surface area contributed by atoms with Crippen molar-refractivity contribution in [2.24, 2.45) is 0 Å². The topological polar surface area (TPSA) is 116 Å². The van der Waals surface area contributed by atoms with Gasteiger partial charge in [-0.1, -0.05) is 24.3 Å². The average Bonchev–Trinajstić information content (AvgIpc) is 3.45. The molecule has 2 heterocycles. The van der Waals surface area contributed by atoms with Gasteiger partial charge in [0.15, 0.2) is 5.82 Å². The van der Waals surface area contributed by atoms with E-state index in [0.717, 1.165) is 24.3 Å². The van der Waals surface area contributed by atoms with Crippen molar-refractivity contribution in [2.75, 3.05) is 6.54 Å². The van der Waals surface area contributed by atoms with Gasteiger partial charge in [0.25, 0.3) is 17.7 Å². The maximum Gasteiger partial charge on any atom is 0.573 e. The number of amides is 3. The maximum atomic E-state index is 14.5. The van der Waals surface area contributed by atoms with Crippen molar-refractivity contribution in [2.45, 2.75) is 25.1 Å². The molecule has 1 saturated heterocycles. The van der Waals surface area contributed by atoms with E-state index in [1.54, 1.807) is 0 Å². The predicted octanol–water partition coefficient (Wildman–Crippen LogP) is 3.71. The molecule has 0 unspecified atom stereocenters. The largest absolute Gasteiger partial charge is 0.573 e. The molecule has 4 rings (SSSR count). The van der Waals surface area contributed by atoms with Crippen LogP contribution >= 0.6 is 0 Å². The van der Waals surface area contributed by atoms with Crippen molar-refractivity contribution in [3.8, 4) is 22.8 Å². The summed E-state index contributed by atoms with van der Waals surface area (Å²) in [5, 5.41) is 6.24. The van der Waals surface area contributed by atoms with Crippen molar-refractivity contribution >= 4 is 17.9 Å². The summed E-state index contributed by atoms with van der Waals surface area (Å²) in [7, 11) is 0. The summed E-state index contributed by atoms with van der Waals surface area (Å²) in [5.41, 5.74) is 0.296. The molecule has 1 N–H and O–H groups in total. The molecule has 0 saturated carbocycles. The van der Waals surface area contributed by atoms with Gasteiger partial charge in [-0.3, -0.25) is 9.59 Å². The molecule has 1 fully saturated rings. The first-order valence-electron chi connectivity index (χ1n) is 10.5. The molecule has 1 aliphatic rings. The van der Waals surface area contributed by atoms with Gasteiger partial charge in [0.1, 0.15) is 12.1 Å². The Balaban J connectivity index is 1.37. The van der Waals surface area contributed by atoms with Crippen LogP contribution in [-0.2, 0) is 20.3 Å². The number of alkyl halides is 5. The molecule has 0 bridgehead atoms. The zero-order valence-electron chi connectivity index (χ0n) is 18.5. The third-order valence-electron chi connectivity index (χ3n) is 5.03. The average molecular weight is 525 g/mol. The fraction of sp³-hybridized carbons (Fsp3) is 0.227. The van der Waals surface area contributed by atoms with Gasteiger partial charge in [0, 0.05) is 24.0 Å². The van der Waals surface area contributed by atoms with E-state index in [-0.39, 0.29) is 23.7 Å². The number of hydroxylamine groups is 2. The van der Waals surface area contributed by atoms with Crippen LogP contribution in [0.5, 0.6) is 5.75 Å². The van der Waals surface area contributed by atoms with E-state index in [4.69, 9.17) is 0 Å². The van der Waals surface area contributed by atoms with Gasteiger partial charge in [-0.05, 0) is 24.3 Å². The lowest BCUT2D eigenvalue weighted by Crippen LogP contribution is -2.40. The number of hydrogen-bond acceptors (Lipinski definition) is 7. The van der Waals surface area contributed by atoms with Crippen LogP contribution in [0.4, 0.5) is 26.7 Å². The zero-order valence-corrected chi connectivity index (χ0v) is 18.5. The number of hydrogen-bond donors (Lipinski definition) is 1. The highest BCUT2D eigenvalue weighted by Gasteiger charge is 2.36. The second-order valence-corrected chi connectivity index (χ2v) is 7.65. The number of nitrogens with zero attached hydrogens (tertiary/aromatic N) is 4. The maximum absolute atomic E-state index is 14.5. The summed E-state index contributed by atoms with van der Waals surface area (Å²) < 4.78 is 71.1. The highest BCUT2D eigenvalue weighted by Crippen LogP contribution is 2.29.